The standard InChI is InChI=1S/C33H36F2N6O2/c1-2-25-27(35)7-4-20-12-24(42)13-29(30(20)25)39-11-8-26-28(18-39)37-32(38-31(26)40-16-22-5-6-23(17-40)36-22)43-19-33-9-3-10-41(33)15-21(34)14-33/h1,4,7,12-13,21-23,36,42H,3,5-6,8-11,14-19H2/t21-,22-,23+,33+/m1/s1/i10D2,19D2. The number of terminal acetylenes is 1. The van der Waals surface area contributed by atoms with E-state index in [0.29, 0.717) is 53.0 Å². The van der Waals surface area contributed by atoms with Gasteiger partial charge in [0, 0.05) is 70.1 Å². The molecule has 4 saturated heterocycles. The lowest BCUT2D eigenvalue weighted by atomic mass is 9.95. The third kappa shape index (κ3) is 4.56. The largest absolute Gasteiger partial charge is 0.508 e. The van der Waals surface area contributed by atoms with Gasteiger partial charge in [-0.1, -0.05) is 12.0 Å². The molecular formula is C33H36F2N6O2. The summed E-state index contributed by atoms with van der Waals surface area (Å²) in [6, 6.07) is 6.39. The van der Waals surface area contributed by atoms with Gasteiger partial charge >= 0.3 is 6.01 Å². The van der Waals surface area contributed by atoms with Gasteiger partial charge in [-0.3, -0.25) is 4.90 Å². The fraction of sp³-hybridized carbons (Fsp3) is 0.515. The number of nitrogens with zero attached hydrogens (tertiary/aromatic N) is 5. The van der Waals surface area contributed by atoms with E-state index in [4.69, 9.17) is 26.6 Å². The van der Waals surface area contributed by atoms with Crippen LogP contribution < -0.4 is 19.9 Å². The number of rotatable bonds is 5. The molecule has 2 N–H and O–H groups in total. The van der Waals surface area contributed by atoms with Gasteiger partial charge < -0.3 is 25.0 Å². The maximum atomic E-state index is 14.9. The highest BCUT2D eigenvalue weighted by Gasteiger charge is 2.49. The maximum absolute atomic E-state index is 14.9. The molecule has 4 fully saturated rings. The second-order valence-electron chi connectivity index (χ2n) is 12.4. The van der Waals surface area contributed by atoms with Crippen molar-refractivity contribution in [3.05, 3.63) is 46.9 Å². The summed E-state index contributed by atoms with van der Waals surface area (Å²) in [5.74, 6) is 2.61. The minimum Gasteiger partial charge on any atom is -0.508 e. The summed E-state index contributed by atoms with van der Waals surface area (Å²) in [6.45, 7) is -2.38. The molecule has 10 heteroatoms. The summed E-state index contributed by atoms with van der Waals surface area (Å²) >= 11 is 0. The fourth-order valence-electron chi connectivity index (χ4n) is 7.72. The van der Waals surface area contributed by atoms with Crippen molar-refractivity contribution >= 4 is 22.3 Å². The van der Waals surface area contributed by atoms with Crippen molar-refractivity contribution in [3.8, 4) is 24.1 Å². The Morgan fingerprint density at radius 2 is 2.05 bits per heavy atom. The lowest BCUT2D eigenvalue weighted by Gasteiger charge is -2.38. The van der Waals surface area contributed by atoms with Crippen molar-refractivity contribution < 1.29 is 24.1 Å². The average molecular weight is 591 g/mol. The number of benzene rings is 2. The van der Waals surface area contributed by atoms with E-state index in [9.17, 15) is 13.9 Å². The predicted molar refractivity (Wildman–Crippen MR) is 161 cm³/mol. The molecule has 0 aliphatic carbocycles. The van der Waals surface area contributed by atoms with Gasteiger partial charge in [0.1, 0.15) is 30.1 Å². The van der Waals surface area contributed by atoms with Crippen LogP contribution in [0.5, 0.6) is 11.8 Å². The van der Waals surface area contributed by atoms with Gasteiger partial charge in [-0.2, -0.15) is 9.97 Å². The zero-order valence-electron chi connectivity index (χ0n) is 27.7. The highest BCUT2D eigenvalue weighted by Crippen LogP contribution is 2.42. The SMILES string of the molecule is [2H]C1([2H])CC[C@@]2(C([2H])([2H])Oc3nc4c(c(N5C[C@H]6CC[C@@H](C5)N6)n3)CCN(c3cc(O)cc5ccc(F)c(C#C)c35)C4)C[C@@H](F)CN12. The molecule has 5 aliphatic heterocycles. The van der Waals surface area contributed by atoms with Crippen LogP contribution in [0.25, 0.3) is 10.8 Å². The van der Waals surface area contributed by atoms with Crippen LogP contribution in [0.1, 0.15) is 54.4 Å². The third-order valence-electron chi connectivity index (χ3n) is 9.68. The number of hydrogen-bond acceptors (Lipinski definition) is 8. The Hall–Kier alpha value is -3.68. The molecule has 4 atom stereocenters. The molecule has 2 bridgehead atoms. The average Bonchev–Trinajstić information content (AvgIpc) is 3.65. The molecule has 0 unspecified atom stereocenters. The van der Waals surface area contributed by atoms with Crippen molar-refractivity contribution in [1.82, 2.24) is 20.2 Å². The topological polar surface area (TPSA) is 77.0 Å². The molecule has 8 nitrogen and oxygen atoms in total. The van der Waals surface area contributed by atoms with Gasteiger partial charge in [-0.25, -0.2) is 8.78 Å². The number of fused-ring (bicyclic) bond motifs is 5. The second kappa shape index (κ2) is 10.2. The molecule has 0 amide bonds. The highest BCUT2D eigenvalue weighted by atomic mass is 19.1. The zero-order valence-corrected chi connectivity index (χ0v) is 23.7. The molecule has 224 valence electrons. The van der Waals surface area contributed by atoms with Crippen LogP contribution >= 0.6 is 0 Å². The molecule has 0 saturated carbocycles. The summed E-state index contributed by atoms with van der Waals surface area (Å²) in [5.41, 5.74) is 0.650. The number of halogens is 2. The van der Waals surface area contributed by atoms with E-state index in [1.165, 1.54) is 11.0 Å². The van der Waals surface area contributed by atoms with Crippen LogP contribution in [-0.4, -0.2) is 83.0 Å². The van der Waals surface area contributed by atoms with Crippen LogP contribution in [0.2, 0.25) is 0 Å². The first-order valence-electron chi connectivity index (χ1n) is 17.1. The van der Waals surface area contributed by atoms with Crippen LogP contribution in [-0.2, 0) is 13.0 Å². The van der Waals surface area contributed by atoms with Crippen molar-refractivity contribution in [2.75, 3.05) is 49.0 Å². The van der Waals surface area contributed by atoms with E-state index in [1.807, 2.05) is 4.90 Å². The number of piperazine rings is 1. The van der Waals surface area contributed by atoms with E-state index >= 15 is 0 Å². The second-order valence-corrected chi connectivity index (χ2v) is 12.4. The van der Waals surface area contributed by atoms with Gasteiger partial charge in [0.05, 0.1) is 26.1 Å². The quantitative estimate of drug-likeness (QED) is 0.434. The maximum Gasteiger partial charge on any atom is 0.318 e. The first-order valence-corrected chi connectivity index (χ1v) is 15.1. The van der Waals surface area contributed by atoms with Crippen molar-refractivity contribution in [3.63, 3.8) is 0 Å². The van der Waals surface area contributed by atoms with Crippen LogP contribution in [0.4, 0.5) is 20.3 Å². The van der Waals surface area contributed by atoms with Crippen LogP contribution in [0, 0.1) is 18.2 Å². The van der Waals surface area contributed by atoms with Gasteiger partial charge in [0.2, 0.25) is 0 Å². The number of phenols is 1. The van der Waals surface area contributed by atoms with Gasteiger partial charge in [0.25, 0.3) is 0 Å². The lowest BCUT2D eigenvalue weighted by molar-refractivity contribution is 0.107. The van der Waals surface area contributed by atoms with E-state index in [1.54, 1.807) is 18.2 Å². The summed E-state index contributed by atoms with van der Waals surface area (Å²) < 4.78 is 70.8. The number of aromatic hydroxyl groups is 1. The van der Waals surface area contributed by atoms with E-state index < -0.39 is 30.6 Å². The van der Waals surface area contributed by atoms with E-state index in [0.717, 1.165) is 31.5 Å². The Kier molecular flexibility index (Phi) is 5.41. The number of ether oxygens (including phenoxy) is 1. The van der Waals surface area contributed by atoms with Crippen molar-refractivity contribution in [2.45, 2.75) is 68.9 Å². The van der Waals surface area contributed by atoms with E-state index in [2.05, 4.69) is 16.1 Å². The van der Waals surface area contributed by atoms with Crippen LogP contribution in [0.15, 0.2) is 24.3 Å². The Morgan fingerprint density at radius 1 is 1.21 bits per heavy atom. The Morgan fingerprint density at radius 3 is 2.86 bits per heavy atom. The molecule has 0 radical (unpaired) electrons. The summed E-state index contributed by atoms with van der Waals surface area (Å²) in [4.78, 5) is 15.0. The molecule has 6 heterocycles. The number of nitrogens with one attached hydrogen (secondary N) is 1. The predicted octanol–water partition coefficient (Wildman–Crippen LogP) is 3.91. The monoisotopic (exact) mass is 590 g/mol. The fourth-order valence-corrected chi connectivity index (χ4v) is 7.72. The number of anilines is 2. The number of alkyl halides is 1. The normalized spacial score (nSPS) is 31.1. The lowest BCUT2D eigenvalue weighted by Crippen LogP contribution is -2.52. The minimum absolute atomic E-state index is 0.00716. The molecule has 3 aromatic rings. The van der Waals surface area contributed by atoms with Crippen molar-refractivity contribution in [2.24, 2.45) is 0 Å². The Bertz CT molecular complexity index is 1810. The molecule has 5 aliphatic rings. The molecule has 1 aromatic heterocycles. The first-order chi connectivity index (χ1) is 22.4. The third-order valence-corrected chi connectivity index (χ3v) is 9.68. The molecule has 2 aromatic carbocycles. The minimum atomic E-state index is -2.50. The van der Waals surface area contributed by atoms with Gasteiger partial charge in [-0.15, -0.1) is 6.42 Å². The highest BCUT2D eigenvalue weighted by molar-refractivity contribution is 6.00. The number of hydrogen-bond donors (Lipinski definition) is 2. The molecule has 0 spiro atoms. The number of aromatic nitrogens is 2. The zero-order chi connectivity index (χ0) is 32.9. The Balaban J connectivity index is 1.20. The Labute approximate surface area is 255 Å². The molecule has 43 heavy (non-hydrogen) atoms. The molecular weight excluding hydrogens is 550 g/mol. The van der Waals surface area contributed by atoms with Gasteiger partial charge in [-0.05, 0) is 56.1 Å². The summed E-state index contributed by atoms with van der Waals surface area (Å²) in [6.07, 6.45) is 6.96. The van der Waals surface area contributed by atoms with Crippen LogP contribution in [0.3, 0.4) is 0 Å². The van der Waals surface area contributed by atoms with E-state index in [-0.39, 0.29) is 49.7 Å². The van der Waals surface area contributed by atoms with Crippen molar-refractivity contribution in [1.29, 1.82) is 0 Å². The van der Waals surface area contributed by atoms with Gasteiger partial charge in [0.15, 0.2) is 0 Å². The smallest absolute Gasteiger partial charge is 0.318 e. The molecule has 8 rings (SSSR count). The number of phenolic OH excluding ortho intramolecular Hbond substituents is 1. The summed E-state index contributed by atoms with van der Waals surface area (Å²) in [5, 5.41) is 15.3. The first kappa shape index (κ1) is 22.8. The summed E-state index contributed by atoms with van der Waals surface area (Å²) in [7, 11) is 0.